The first-order valence-corrected chi connectivity index (χ1v) is 10.7. The number of benzene rings is 2. The second kappa shape index (κ2) is 7.47. The van der Waals surface area contributed by atoms with E-state index in [1.807, 2.05) is 33.7 Å². The number of hydrogen-bond donors (Lipinski definition) is 1. The van der Waals surface area contributed by atoms with Crippen LogP contribution in [-0.2, 0) is 21.5 Å². The summed E-state index contributed by atoms with van der Waals surface area (Å²) in [6.45, 7) is 5.96. The average Bonchev–Trinajstić information content (AvgIpc) is 3.46. The summed E-state index contributed by atoms with van der Waals surface area (Å²) >= 11 is 0. The molecule has 5 rings (SSSR count). The van der Waals surface area contributed by atoms with Gasteiger partial charge in [0, 0.05) is 42.0 Å². The molecule has 8 nitrogen and oxygen atoms in total. The van der Waals surface area contributed by atoms with E-state index in [-0.39, 0.29) is 29.6 Å². The Morgan fingerprint density at radius 1 is 1.16 bits per heavy atom. The molecule has 2 aromatic carbocycles. The summed E-state index contributed by atoms with van der Waals surface area (Å²) in [6, 6.07) is 13.5. The predicted octanol–water partition coefficient (Wildman–Crippen LogP) is 2.59. The molecular weight excluding hydrogens is 404 g/mol. The van der Waals surface area contributed by atoms with Gasteiger partial charge in [-0.2, -0.15) is 0 Å². The van der Waals surface area contributed by atoms with Gasteiger partial charge in [-0.05, 0) is 35.4 Å². The highest BCUT2D eigenvalue weighted by Gasteiger charge is 2.43. The number of anilines is 3. The van der Waals surface area contributed by atoms with Gasteiger partial charge in [0.05, 0.1) is 12.5 Å². The number of carbonyl (C=O) groups is 2. The number of hydrogen-bond acceptors (Lipinski definition) is 5. The van der Waals surface area contributed by atoms with Crippen LogP contribution < -0.4 is 15.5 Å². The van der Waals surface area contributed by atoms with E-state index < -0.39 is 0 Å². The minimum Gasteiger partial charge on any atom is -0.399 e. The summed E-state index contributed by atoms with van der Waals surface area (Å²) in [5.74, 6) is -0.414. The average molecular weight is 431 g/mol. The molecule has 1 unspecified atom stereocenters. The number of aromatic nitrogens is 3. The number of carbonyl (C=O) groups excluding carboxylic acids is 2. The number of nitrogen functional groups attached to an aromatic ring is 1. The van der Waals surface area contributed by atoms with Gasteiger partial charge in [-0.1, -0.05) is 32.0 Å². The van der Waals surface area contributed by atoms with Crippen LogP contribution in [0.2, 0.25) is 0 Å². The van der Waals surface area contributed by atoms with Crippen molar-refractivity contribution in [3.05, 3.63) is 66.2 Å². The van der Waals surface area contributed by atoms with E-state index in [2.05, 4.69) is 30.1 Å². The van der Waals surface area contributed by atoms with Crippen molar-refractivity contribution >= 4 is 28.9 Å². The van der Waals surface area contributed by atoms with Crippen LogP contribution in [0.5, 0.6) is 0 Å². The Labute approximate surface area is 186 Å². The Morgan fingerprint density at radius 3 is 2.69 bits per heavy atom. The fourth-order valence-electron chi connectivity index (χ4n) is 4.77. The van der Waals surface area contributed by atoms with Crippen molar-refractivity contribution in [3.8, 4) is 0 Å². The van der Waals surface area contributed by atoms with Gasteiger partial charge in [-0.3, -0.25) is 9.59 Å². The number of fused-ring (bicyclic) bond motifs is 1. The maximum Gasteiger partial charge on any atom is 0.232 e. The Kier molecular flexibility index (Phi) is 4.73. The minimum absolute atomic E-state index is 0.00291. The lowest BCUT2D eigenvalue weighted by Gasteiger charge is -2.23. The Bertz CT molecular complexity index is 1190. The van der Waals surface area contributed by atoms with Gasteiger partial charge in [0.15, 0.2) is 0 Å². The van der Waals surface area contributed by atoms with Gasteiger partial charge in [0.2, 0.25) is 11.8 Å². The first kappa shape index (κ1) is 20.2. The molecule has 1 fully saturated rings. The largest absolute Gasteiger partial charge is 0.399 e. The fraction of sp³-hybridized carbons (Fsp3) is 0.333. The fourth-order valence-corrected chi connectivity index (χ4v) is 4.77. The van der Waals surface area contributed by atoms with Gasteiger partial charge in [0.25, 0.3) is 0 Å². The molecule has 0 saturated carbocycles. The lowest BCUT2D eigenvalue weighted by molar-refractivity contribution is -0.124. The van der Waals surface area contributed by atoms with E-state index in [4.69, 9.17) is 5.73 Å². The summed E-state index contributed by atoms with van der Waals surface area (Å²) in [5, 5.41) is 7.72. The molecule has 3 heterocycles. The molecular formula is C24H26N6O2. The minimum atomic E-state index is -0.373. The molecule has 2 N–H and O–H groups in total. The first-order chi connectivity index (χ1) is 15.3. The lowest BCUT2D eigenvalue weighted by atomic mass is 9.86. The molecule has 8 heteroatoms. The number of nitrogens with two attached hydrogens (primary N) is 1. The summed E-state index contributed by atoms with van der Waals surface area (Å²) < 4.78 is 1.92. The molecule has 1 aromatic heterocycles. The Hall–Kier alpha value is -3.68. The molecule has 0 bridgehead atoms. The van der Waals surface area contributed by atoms with Crippen LogP contribution in [0.25, 0.3) is 0 Å². The molecule has 1 atom stereocenters. The highest BCUT2D eigenvalue weighted by atomic mass is 16.2. The molecule has 0 radical (unpaired) electrons. The van der Waals surface area contributed by atoms with Crippen molar-refractivity contribution in [2.24, 2.45) is 5.92 Å². The smallest absolute Gasteiger partial charge is 0.232 e. The van der Waals surface area contributed by atoms with Crippen molar-refractivity contribution < 1.29 is 9.59 Å². The van der Waals surface area contributed by atoms with Crippen molar-refractivity contribution in [2.45, 2.75) is 32.2 Å². The van der Waals surface area contributed by atoms with Crippen molar-refractivity contribution in [3.63, 3.8) is 0 Å². The molecule has 3 aromatic rings. The van der Waals surface area contributed by atoms with Crippen LogP contribution in [0.3, 0.4) is 0 Å². The molecule has 0 spiro atoms. The standard InChI is InChI=1S/C24H26N6O2/c1-24(2)13-30(21-7-6-16(8-20(21)24)11-28-14-26-27-15-28)23(32)17-9-22(31)29(12-17)19-5-3-4-18(25)10-19/h3-8,10,14-15,17H,9,11-13,25H2,1-2H3. The van der Waals surface area contributed by atoms with Crippen LogP contribution in [0.15, 0.2) is 55.1 Å². The molecule has 2 aliphatic heterocycles. The maximum atomic E-state index is 13.5. The van der Waals surface area contributed by atoms with Crippen LogP contribution in [-0.4, -0.2) is 39.7 Å². The highest BCUT2D eigenvalue weighted by molar-refractivity contribution is 6.05. The van der Waals surface area contributed by atoms with E-state index >= 15 is 0 Å². The third kappa shape index (κ3) is 3.51. The summed E-state index contributed by atoms with van der Waals surface area (Å²) in [4.78, 5) is 29.7. The van der Waals surface area contributed by atoms with Crippen LogP contribution >= 0.6 is 0 Å². The second-order valence-corrected chi connectivity index (χ2v) is 9.29. The van der Waals surface area contributed by atoms with Gasteiger partial charge in [-0.25, -0.2) is 0 Å². The van der Waals surface area contributed by atoms with E-state index in [1.165, 1.54) is 0 Å². The number of nitrogens with zero attached hydrogens (tertiary/aromatic N) is 5. The summed E-state index contributed by atoms with van der Waals surface area (Å²) in [6.07, 6.45) is 3.60. The van der Waals surface area contributed by atoms with Crippen molar-refractivity contribution in [1.29, 1.82) is 0 Å². The van der Waals surface area contributed by atoms with E-state index in [0.717, 1.165) is 22.5 Å². The molecule has 2 aliphatic rings. The quantitative estimate of drug-likeness (QED) is 0.642. The normalized spacial score (nSPS) is 19.4. The SMILES string of the molecule is CC1(C)CN(C(=O)C2CC(=O)N(c3cccc(N)c3)C2)c2ccc(Cn3cnnc3)cc21. The molecule has 2 amide bonds. The van der Waals surface area contributed by atoms with Gasteiger partial charge in [0.1, 0.15) is 12.7 Å². The molecule has 164 valence electrons. The molecule has 0 aliphatic carbocycles. The third-order valence-electron chi connectivity index (χ3n) is 6.39. The van der Waals surface area contributed by atoms with Crippen LogP contribution in [0, 0.1) is 5.92 Å². The third-order valence-corrected chi connectivity index (χ3v) is 6.39. The lowest BCUT2D eigenvalue weighted by Crippen LogP contribution is -2.39. The monoisotopic (exact) mass is 430 g/mol. The van der Waals surface area contributed by atoms with Crippen LogP contribution in [0.4, 0.5) is 17.1 Å². The summed E-state index contributed by atoms with van der Waals surface area (Å²) in [7, 11) is 0. The Balaban J connectivity index is 1.38. The number of rotatable bonds is 4. The number of amides is 2. The first-order valence-electron chi connectivity index (χ1n) is 10.7. The highest BCUT2D eigenvalue weighted by Crippen LogP contribution is 2.42. The van der Waals surface area contributed by atoms with Gasteiger partial charge in [-0.15, -0.1) is 10.2 Å². The van der Waals surface area contributed by atoms with Crippen molar-refractivity contribution in [1.82, 2.24) is 14.8 Å². The zero-order valence-electron chi connectivity index (χ0n) is 18.2. The van der Waals surface area contributed by atoms with Crippen LogP contribution in [0.1, 0.15) is 31.4 Å². The zero-order valence-corrected chi connectivity index (χ0v) is 18.2. The summed E-state index contributed by atoms with van der Waals surface area (Å²) in [5.41, 5.74) is 10.3. The Morgan fingerprint density at radius 2 is 1.94 bits per heavy atom. The van der Waals surface area contributed by atoms with Gasteiger partial charge >= 0.3 is 0 Å². The van der Waals surface area contributed by atoms with Gasteiger partial charge < -0.3 is 20.1 Å². The molecule has 32 heavy (non-hydrogen) atoms. The van der Waals surface area contributed by atoms with E-state index in [0.29, 0.717) is 25.3 Å². The molecule has 1 saturated heterocycles. The van der Waals surface area contributed by atoms with Crippen molar-refractivity contribution in [2.75, 3.05) is 28.6 Å². The zero-order chi connectivity index (χ0) is 22.5. The van der Waals surface area contributed by atoms with E-state index in [1.54, 1.807) is 29.7 Å². The maximum absolute atomic E-state index is 13.5. The topological polar surface area (TPSA) is 97.3 Å². The second-order valence-electron chi connectivity index (χ2n) is 9.29. The predicted molar refractivity (Wildman–Crippen MR) is 122 cm³/mol. The van der Waals surface area contributed by atoms with E-state index in [9.17, 15) is 9.59 Å².